The second-order valence-electron chi connectivity index (χ2n) is 4.42. The highest BCUT2D eigenvalue weighted by atomic mass is 79.9. The fourth-order valence-corrected chi connectivity index (χ4v) is 1.97. The highest BCUT2D eigenvalue weighted by molar-refractivity contribution is 9.10. The van der Waals surface area contributed by atoms with E-state index in [0.717, 1.165) is 12.1 Å². The van der Waals surface area contributed by atoms with Crippen molar-refractivity contribution in [2.24, 2.45) is 5.92 Å². The van der Waals surface area contributed by atoms with Gasteiger partial charge >= 0.3 is 0 Å². The Hall–Kier alpha value is -1.25. The number of phenols is 1. The van der Waals surface area contributed by atoms with Gasteiger partial charge in [-0.1, -0.05) is 13.8 Å². The summed E-state index contributed by atoms with van der Waals surface area (Å²) in [4.78, 5) is 0. The lowest BCUT2D eigenvalue weighted by Crippen LogP contribution is -2.24. The Kier molecular flexibility index (Phi) is 5.45. The molecule has 1 aromatic carbocycles. The van der Waals surface area contributed by atoms with Crippen LogP contribution in [-0.4, -0.2) is 18.8 Å². The van der Waals surface area contributed by atoms with Crippen LogP contribution in [0.5, 0.6) is 11.5 Å². The summed E-state index contributed by atoms with van der Waals surface area (Å²) in [5.74, 6) is 0.857. The lowest BCUT2D eigenvalue weighted by atomic mass is 10.1. The number of ether oxygens (including phenoxy) is 1. The van der Waals surface area contributed by atoms with E-state index in [1.54, 1.807) is 12.1 Å². The molecule has 0 aliphatic carbocycles. The molecule has 98 valence electrons. The summed E-state index contributed by atoms with van der Waals surface area (Å²) in [6.45, 7) is 4.91. The highest BCUT2D eigenvalue weighted by Crippen LogP contribution is 2.36. The maximum absolute atomic E-state index is 9.72. The molecule has 0 radical (unpaired) electrons. The van der Waals surface area contributed by atoms with Crippen molar-refractivity contribution in [2.75, 3.05) is 13.7 Å². The Bertz CT molecular complexity index is 455. The van der Waals surface area contributed by atoms with Crippen LogP contribution in [0.4, 0.5) is 0 Å². The minimum absolute atomic E-state index is 0.0433. The molecular weight excluding hydrogens is 296 g/mol. The summed E-state index contributed by atoms with van der Waals surface area (Å²) in [7, 11) is 1.48. The third-order valence-electron chi connectivity index (χ3n) is 2.46. The third kappa shape index (κ3) is 3.62. The van der Waals surface area contributed by atoms with Crippen LogP contribution in [0.1, 0.15) is 25.5 Å². The Balaban J connectivity index is 3.00. The number of aromatic hydroxyl groups is 1. The molecule has 4 nitrogen and oxygen atoms in total. The van der Waals surface area contributed by atoms with Gasteiger partial charge in [-0.25, -0.2) is 0 Å². The van der Waals surface area contributed by atoms with Gasteiger partial charge in [0.05, 0.1) is 17.7 Å². The summed E-state index contributed by atoms with van der Waals surface area (Å²) in [5.41, 5.74) is 0.764. The molecule has 0 saturated carbocycles. The lowest BCUT2D eigenvalue weighted by molar-refractivity contribution is 0.371. The molecule has 0 heterocycles. The van der Waals surface area contributed by atoms with Crippen LogP contribution in [0, 0.1) is 17.2 Å². The number of halogens is 1. The normalized spacial score (nSPS) is 12.2. The maximum Gasteiger partial charge on any atom is 0.172 e. The van der Waals surface area contributed by atoms with E-state index in [1.807, 2.05) is 0 Å². The van der Waals surface area contributed by atoms with Crippen LogP contribution in [0.2, 0.25) is 0 Å². The van der Waals surface area contributed by atoms with Crippen molar-refractivity contribution in [1.82, 2.24) is 5.32 Å². The van der Waals surface area contributed by atoms with E-state index < -0.39 is 6.04 Å². The predicted molar refractivity (Wildman–Crippen MR) is 73.6 cm³/mol. The molecule has 1 rings (SSSR count). The van der Waals surface area contributed by atoms with Crippen LogP contribution < -0.4 is 10.1 Å². The maximum atomic E-state index is 9.72. The first-order valence-electron chi connectivity index (χ1n) is 5.69. The number of phenolic OH excluding ortho intramolecular Hbond substituents is 1. The number of rotatable bonds is 5. The van der Waals surface area contributed by atoms with Crippen LogP contribution in [0.3, 0.4) is 0 Å². The number of nitrogens with zero attached hydrogens (tertiary/aromatic N) is 1. The Morgan fingerprint density at radius 2 is 2.17 bits per heavy atom. The van der Waals surface area contributed by atoms with Gasteiger partial charge < -0.3 is 9.84 Å². The molecule has 0 bridgehead atoms. The standard InChI is InChI=1S/C13H17BrN2O2/c1-8(2)7-16-11(6-15)9-4-10(14)13(17)12(5-9)18-3/h4-5,8,11,16-17H,7H2,1-3H3. The SMILES string of the molecule is COc1cc(C(C#N)NCC(C)C)cc(Br)c1O. The smallest absolute Gasteiger partial charge is 0.172 e. The first kappa shape index (κ1) is 14.8. The van der Waals surface area contributed by atoms with Crippen molar-refractivity contribution in [2.45, 2.75) is 19.9 Å². The second-order valence-corrected chi connectivity index (χ2v) is 5.27. The molecule has 0 aliphatic heterocycles. The van der Waals surface area contributed by atoms with Gasteiger partial charge in [0.2, 0.25) is 0 Å². The van der Waals surface area contributed by atoms with Crippen LogP contribution >= 0.6 is 15.9 Å². The molecule has 2 N–H and O–H groups in total. The first-order chi connectivity index (χ1) is 8.49. The first-order valence-corrected chi connectivity index (χ1v) is 6.48. The van der Waals surface area contributed by atoms with Crippen molar-refractivity contribution in [3.05, 3.63) is 22.2 Å². The quantitative estimate of drug-likeness (QED) is 0.877. The van der Waals surface area contributed by atoms with Gasteiger partial charge in [0.1, 0.15) is 6.04 Å². The van der Waals surface area contributed by atoms with E-state index >= 15 is 0 Å². The average molecular weight is 313 g/mol. The molecule has 0 aromatic heterocycles. The van der Waals surface area contributed by atoms with Crippen molar-refractivity contribution >= 4 is 15.9 Å². The number of hydrogen-bond acceptors (Lipinski definition) is 4. The molecule has 0 fully saturated rings. The number of hydrogen-bond donors (Lipinski definition) is 2. The zero-order valence-electron chi connectivity index (χ0n) is 10.7. The fourth-order valence-electron chi connectivity index (χ4n) is 1.51. The monoisotopic (exact) mass is 312 g/mol. The lowest BCUT2D eigenvalue weighted by Gasteiger charge is -2.15. The Morgan fingerprint density at radius 3 is 2.67 bits per heavy atom. The van der Waals surface area contributed by atoms with Gasteiger partial charge in [-0.05, 0) is 46.1 Å². The Morgan fingerprint density at radius 1 is 1.50 bits per heavy atom. The van der Waals surface area contributed by atoms with E-state index in [2.05, 4.69) is 41.2 Å². The summed E-state index contributed by atoms with van der Waals surface area (Å²) >= 11 is 3.25. The zero-order valence-corrected chi connectivity index (χ0v) is 12.3. The summed E-state index contributed by atoms with van der Waals surface area (Å²) < 4.78 is 5.59. The van der Waals surface area contributed by atoms with Crippen molar-refractivity contribution in [3.63, 3.8) is 0 Å². The molecule has 1 unspecified atom stereocenters. The average Bonchev–Trinajstić information content (AvgIpc) is 2.33. The van der Waals surface area contributed by atoms with Crippen molar-refractivity contribution < 1.29 is 9.84 Å². The topological polar surface area (TPSA) is 65.3 Å². The molecule has 0 saturated heterocycles. The third-order valence-corrected chi connectivity index (χ3v) is 3.07. The summed E-state index contributed by atoms with van der Waals surface area (Å²) in [6.07, 6.45) is 0. The summed E-state index contributed by atoms with van der Waals surface area (Å²) in [6, 6.07) is 5.17. The summed E-state index contributed by atoms with van der Waals surface area (Å²) in [5, 5.41) is 22.1. The van der Waals surface area contributed by atoms with Gasteiger partial charge in [0.15, 0.2) is 11.5 Å². The van der Waals surface area contributed by atoms with E-state index in [4.69, 9.17) is 4.74 Å². The molecule has 5 heteroatoms. The largest absolute Gasteiger partial charge is 0.503 e. The van der Waals surface area contributed by atoms with Gasteiger partial charge in [-0.3, -0.25) is 5.32 Å². The molecule has 0 spiro atoms. The van der Waals surface area contributed by atoms with E-state index in [0.29, 0.717) is 16.1 Å². The van der Waals surface area contributed by atoms with Gasteiger partial charge in [0.25, 0.3) is 0 Å². The molecule has 0 amide bonds. The molecule has 1 atom stereocenters. The van der Waals surface area contributed by atoms with Crippen LogP contribution in [0.15, 0.2) is 16.6 Å². The molecule has 0 aliphatic rings. The molecular formula is C13H17BrN2O2. The molecule has 1 aromatic rings. The highest BCUT2D eigenvalue weighted by Gasteiger charge is 2.15. The van der Waals surface area contributed by atoms with E-state index in [-0.39, 0.29) is 5.75 Å². The fraction of sp³-hybridized carbons (Fsp3) is 0.462. The number of nitriles is 1. The number of nitrogens with one attached hydrogen (secondary N) is 1. The number of methoxy groups -OCH3 is 1. The Labute approximate surface area is 116 Å². The van der Waals surface area contributed by atoms with Crippen LogP contribution in [0.25, 0.3) is 0 Å². The predicted octanol–water partition coefficient (Wildman–Crippen LogP) is 2.97. The van der Waals surface area contributed by atoms with Gasteiger partial charge in [-0.2, -0.15) is 5.26 Å². The van der Waals surface area contributed by atoms with Crippen LogP contribution in [-0.2, 0) is 0 Å². The number of benzene rings is 1. The zero-order chi connectivity index (χ0) is 13.7. The second kappa shape index (κ2) is 6.62. The van der Waals surface area contributed by atoms with Gasteiger partial charge in [0, 0.05) is 0 Å². The molecule has 18 heavy (non-hydrogen) atoms. The van der Waals surface area contributed by atoms with Crippen molar-refractivity contribution in [1.29, 1.82) is 5.26 Å². The van der Waals surface area contributed by atoms with Crippen molar-refractivity contribution in [3.8, 4) is 17.6 Å². The minimum atomic E-state index is -0.418. The van der Waals surface area contributed by atoms with Gasteiger partial charge in [-0.15, -0.1) is 0 Å². The van der Waals surface area contributed by atoms with E-state index in [1.165, 1.54) is 7.11 Å². The minimum Gasteiger partial charge on any atom is -0.503 e. The van der Waals surface area contributed by atoms with E-state index in [9.17, 15) is 10.4 Å².